The maximum atomic E-state index is 12.0. The van der Waals surface area contributed by atoms with Gasteiger partial charge in [-0.15, -0.1) is 0 Å². The summed E-state index contributed by atoms with van der Waals surface area (Å²) >= 11 is 0. The number of nitrogen functional groups attached to an aromatic ring is 1. The molecular weight excluding hydrogens is 268 g/mol. The van der Waals surface area contributed by atoms with Crippen LogP contribution in [0.25, 0.3) is 0 Å². The lowest BCUT2D eigenvalue weighted by Gasteiger charge is -2.08. The van der Waals surface area contributed by atoms with Gasteiger partial charge in [-0.25, -0.2) is 13.1 Å². The minimum Gasteiger partial charge on any atom is -0.399 e. The predicted octanol–water partition coefficient (Wildman–Crippen LogP) is -0.445. The Kier molecular flexibility index (Phi) is 4.86. The number of anilines is 1. The van der Waals surface area contributed by atoms with Crippen molar-refractivity contribution in [3.63, 3.8) is 0 Å². The van der Waals surface area contributed by atoms with Crippen molar-refractivity contribution in [2.24, 2.45) is 0 Å². The average molecular weight is 282 g/mol. The molecule has 1 rings (SSSR count). The Morgan fingerprint density at radius 1 is 1.47 bits per heavy atom. The van der Waals surface area contributed by atoms with E-state index in [1.165, 1.54) is 25.2 Å². The van der Waals surface area contributed by atoms with Gasteiger partial charge in [-0.2, -0.15) is 5.26 Å². The topological polar surface area (TPSA) is 125 Å². The number of rotatable bonds is 5. The Morgan fingerprint density at radius 3 is 2.74 bits per heavy atom. The van der Waals surface area contributed by atoms with Crippen LogP contribution < -0.4 is 15.8 Å². The summed E-state index contributed by atoms with van der Waals surface area (Å²) in [6, 6.07) is 5.72. The van der Waals surface area contributed by atoms with Gasteiger partial charge in [0.15, 0.2) is 0 Å². The fourth-order valence-electron chi connectivity index (χ4n) is 1.37. The molecule has 8 heteroatoms. The molecule has 0 aliphatic rings. The first-order valence-electron chi connectivity index (χ1n) is 5.40. The zero-order valence-electron chi connectivity index (χ0n) is 10.3. The van der Waals surface area contributed by atoms with Crippen molar-refractivity contribution in [3.05, 3.63) is 23.8 Å². The number of carbonyl (C=O) groups is 1. The van der Waals surface area contributed by atoms with E-state index in [0.717, 1.165) is 0 Å². The van der Waals surface area contributed by atoms with E-state index in [2.05, 4.69) is 10.0 Å². The molecule has 19 heavy (non-hydrogen) atoms. The molecule has 1 aromatic carbocycles. The number of carbonyl (C=O) groups excluding carboxylic acids is 1. The smallest absolute Gasteiger partial charge is 0.241 e. The maximum absolute atomic E-state index is 12.0. The van der Waals surface area contributed by atoms with Crippen LogP contribution in [0.15, 0.2) is 23.1 Å². The monoisotopic (exact) mass is 282 g/mol. The highest BCUT2D eigenvalue weighted by Gasteiger charge is 2.18. The number of hydrogen-bond acceptors (Lipinski definition) is 5. The SMILES string of the molecule is CNC(=O)CCNS(=O)(=O)c1ccc(N)cc1C#N. The summed E-state index contributed by atoms with van der Waals surface area (Å²) in [6.45, 7) is -0.0444. The Balaban J connectivity index is 2.89. The lowest BCUT2D eigenvalue weighted by Crippen LogP contribution is -2.29. The number of nitrogens with one attached hydrogen (secondary N) is 2. The van der Waals surface area contributed by atoms with Crippen molar-refractivity contribution < 1.29 is 13.2 Å². The van der Waals surface area contributed by atoms with Crippen LogP contribution in [-0.4, -0.2) is 27.9 Å². The summed E-state index contributed by atoms with van der Waals surface area (Å²) in [5, 5.41) is 11.3. The van der Waals surface area contributed by atoms with Gasteiger partial charge in [0.05, 0.1) is 10.5 Å². The third kappa shape index (κ3) is 3.94. The minimum atomic E-state index is -3.83. The maximum Gasteiger partial charge on any atom is 0.241 e. The highest BCUT2D eigenvalue weighted by atomic mass is 32.2. The van der Waals surface area contributed by atoms with Crippen molar-refractivity contribution in [2.75, 3.05) is 19.3 Å². The van der Waals surface area contributed by atoms with Gasteiger partial charge in [-0.3, -0.25) is 4.79 Å². The molecular formula is C11H14N4O3S. The van der Waals surface area contributed by atoms with Gasteiger partial charge in [0.25, 0.3) is 0 Å². The van der Waals surface area contributed by atoms with E-state index < -0.39 is 10.0 Å². The number of amides is 1. The predicted molar refractivity (Wildman–Crippen MR) is 69.4 cm³/mol. The van der Waals surface area contributed by atoms with Crippen LogP contribution in [0.4, 0.5) is 5.69 Å². The van der Waals surface area contributed by atoms with Gasteiger partial charge in [-0.05, 0) is 18.2 Å². The fraction of sp³-hybridized carbons (Fsp3) is 0.273. The molecule has 0 spiro atoms. The summed E-state index contributed by atoms with van der Waals surface area (Å²) < 4.78 is 26.2. The molecule has 0 unspecified atom stereocenters. The van der Waals surface area contributed by atoms with E-state index in [1.807, 2.05) is 0 Å². The second-order valence-corrected chi connectivity index (χ2v) is 5.42. The van der Waals surface area contributed by atoms with Crippen molar-refractivity contribution >= 4 is 21.6 Å². The number of benzene rings is 1. The van der Waals surface area contributed by atoms with Gasteiger partial charge < -0.3 is 11.1 Å². The molecule has 7 nitrogen and oxygen atoms in total. The second kappa shape index (κ2) is 6.17. The van der Waals surface area contributed by atoms with Crippen molar-refractivity contribution in [3.8, 4) is 6.07 Å². The lowest BCUT2D eigenvalue weighted by atomic mass is 10.2. The number of nitrogens with zero attached hydrogens (tertiary/aromatic N) is 1. The molecule has 4 N–H and O–H groups in total. The quantitative estimate of drug-likeness (QED) is 0.631. The van der Waals surface area contributed by atoms with Crippen LogP contribution in [0.5, 0.6) is 0 Å². The van der Waals surface area contributed by atoms with E-state index in [1.54, 1.807) is 6.07 Å². The Bertz CT molecular complexity index is 619. The van der Waals surface area contributed by atoms with E-state index in [9.17, 15) is 13.2 Å². The highest BCUT2D eigenvalue weighted by molar-refractivity contribution is 7.89. The van der Waals surface area contributed by atoms with Gasteiger partial charge in [-0.1, -0.05) is 0 Å². The number of nitriles is 1. The molecule has 0 saturated carbocycles. The molecule has 0 radical (unpaired) electrons. The van der Waals surface area contributed by atoms with Crippen LogP contribution in [-0.2, 0) is 14.8 Å². The zero-order chi connectivity index (χ0) is 14.5. The fourth-order valence-corrected chi connectivity index (χ4v) is 2.54. The van der Waals surface area contributed by atoms with Crippen molar-refractivity contribution in [1.82, 2.24) is 10.0 Å². The summed E-state index contributed by atoms with van der Waals surface area (Å²) in [7, 11) is -2.37. The highest BCUT2D eigenvalue weighted by Crippen LogP contribution is 2.17. The molecule has 102 valence electrons. The van der Waals surface area contributed by atoms with Crippen LogP contribution in [0, 0.1) is 11.3 Å². The van der Waals surface area contributed by atoms with E-state index in [-0.39, 0.29) is 29.3 Å². The molecule has 0 bridgehead atoms. The largest absolute Gasteiger partial charge is 0.399 e. The minimum absolute atomic E-state index is 0.0204. The summed E-state index contributed by atoms with van der Waals surface area (Å²) in [6.07, 6.45) is 0.0204. The lowest BCUT2D eigenvalue weighted by molar-refractivity contribution is -0.120. The third-order valence-corrected chi connectivity index (χ3v) is 3.86. The van der Waals surface area contributed by atoms with E-state index in [4.69, 9.17) is 11.0 Å². The number of sulfonamides is 1. The van der Waals surface area contributed by atoms with Gasteiger partial charge in [0.1, 0.15) is 6.07 Å². The molecule has 1 aromatic rings. The van der Waals surface area contributed by atoms with Crippen LogP contribution in [0.2, 0.25) is 0 Å². The standard InChI is InChI=1S/C11H14N4O3S/c1-14-11(16)4-5-15-19(17,18)10-3-2-9(13)6-8(10)7-12/h2-3,6,15H,4-5,13H2,1H3,(H,14,16). The third-order valence-electron chi connectivity index (χ3n) is 2.34. The molecule has 0 fully saturated rings. The first kappa shape index (κ1) is 14.9. The summed E-state index contributed by atoms with van der Waals surface area (Å²) in [5.74, 6) is -0.277. The summed E-state index contributed by atoms with van der Waals surface area (Å²) in [4.78, 5) is 10.8. The van der Waals surface area contributed by atoms with Gasteiger partial charge in [0.2, 0.25) is 15.9 Å². The molecule has 0 atom stereocenters. The second-order valence-electron chi connectivity index (χ2n) is 3.69. The van der Waals surface area contributed by atoms with Crippen LogP contribution in [0.3, 0.4) is 0 Å². The first-order chi connectivity index (χ1) is 8.90. The number of nitrogens with two attached hydrogens (primary N) is 1. The van der Waals surface area contributed by atoms with Crippen molar-refractivity contribution in [1.29, 1.82) is 5.26 Å². The van der Waals surface area contributed by atoms with Crippen LogP contribution >= 0.6 is 0 Å². The van der Waals surface area contributed by atoms with Crippen molar-refractivity contribution in [2.45, 2.75) is 11.3 Å². The molecule has 0 aromatic heterocycles. The summed E-state index contributed by atoms with van der Waals surface area (Å²) in [5.41, 5.74) is 5.76. The Morgan fingerprint density at radius 2 is 2.16 bits per heavy atom. The molecule has 1 amide bonds. The van der Waals surface area contributed by atoms with Gasteiger partial charge >= 0.3 is 0 Å². The van der Waals surface area contributed by atoms with Gasteiger partial charge in [0, 0.05) is 25.7 Å². The van der Waals surface area contributed by atoms with E-state index >= 15 is 0 Å². The first-order valence-corrected chi connectivity index (χ1v) is 6.89. The zero-order valence-corrected chi connectivity index (χ0v) is 11.1. The molecule has 0 heterocycles. The van der Waals surface area contributed by atoms with E-state index in [0.29, 0.717) is 5.69 Å². The molecule has 0 aliphatic heterocycles. The molecule has 0 aliphatic carbocycles. The molecule has 0 saturated heterocycles. The van der Waals surface area contributed by atoms with Crippen LogP contribution in [0.1, 0.15) is 12.0 Å². The number of hydrogen-bond donors (Lipinski definition) is 3. The average Bonchev–Trinajstić information content (AvgIpc) is 2.37. The Labute approximate surface area is 111 Å². The normalized spacial score (nSPS) is 10.7. The Hall–Kier alpha value is -2.11.